The van der Waals surface area contributed by atoms with Crippen molar-refractivity contribution in [2.45, 2.75) is 12.5 Å². The largest absolute Gasteiger partial charge is 0.468 e. The quantitative estimate of drug-likeness (QED) is 0.646. The van der Waals surface area contributed by atoms with Crippen molar-refractivity contribution in [2.75, 3.05) is 27.2 Å². The highest BCUT2D eigenvalue weighted by Gasteiger charge is 2.17. The number of furan rings is 1. The molecule has 0 bridgehead atoms. The highest BCUT2D eigenvalue weighted by atomic mass is 32.2. The Kier molecular flexibility index (Phi) is 7.78. The molecule has 27 heavy (non-hydrogen) atoms. The standard InChI is InChI=1S/C19H25N3O4S/c1-22(2)17(18-9-6-13-26-18)15-20-19(23)10-12-21-27(24,25)14-11-16-7-4-3-5-8-16/h3-9,11,13-14,17,21H,10,12,15H2,1-2H3,(H,20,23)/b14-11+. The average Bonchev–Trinajstić information content (AvgIpc) is 3.15. The van der Waals surface area contributed by atoms with Crippen LogP contribution in [0.4, 0.5) is 0 Å². The smallest absolute Gasteiger partial charge is 0.233 e. The fourth-order valence-electron chi connectivity index (χ4n) is 2.40. The van der Waals surface area contributed by atoms with E-state index in [1.165, 1.54) is 6.08 Å². The third-order valence-corrected chi connectivity index (χ3v) is 4.98. The van der Waals surface area contributed by atoms with Gasteiger partial charge in [-0.15, -0.1) is 0 Å². The molecule has 0 aliphatic rings. The van der Waals surface area contributed by atoms with Crippen molar-refractivity contribution in [1.82, 2.24) is 14.9 Å². The van der Waals surface area contributed by atoms with Crippen LogP contribution in [0, 0.1) is 0 Å². The van der Waals surface area contributed by atoms with Gasteiger partial charge in [-0.3, -0.25) is 9.69 Å². The predicted molar refractivity (Wildman–Crippen MR) is 105 cm³/mol. The summed E-state index contributed by atoms with van der Waals surface area (Å²) in [6.07, 6.45) is 3.15. The molecule has 0 aliphatic carbocycles. The van der Waals surface area contributed by atoms with Gasteiger partial charge in [-0.2, -0.15) is 0 Å². The van der Waals surface area contributed by atoms with Crippen molar-refractivity contribution in [1.29, 1.82) is 0 Å². The minimum atomic E-state index is -3.59. The molecule has 7 nitrogen and oxygen atoms in total. The van der Waals surface area contributed by atoms with Crippen LogP contribution in [0.15, 0.2) is 58.6 Å². The highest BCUT2D eigenvalue weighted by molar-refractivity contribution is 7.92. The predicted octanol–water partition coefficient (Wildman–Crippen LogP) is 1.98. The third kappa shape index (κ3) is 7.38. The molecule has 0 radical (unpaired) electrons. The molecule has 0 fully saturated rings. The minimum absolute atomic E-state index is 0.0285. The molecule has 0 saturated carbocycles. The molecule has 146 valence electrons. The maximum atomic E-state index is 12.0. The number of hydrogen-bond donors (Lipinski definition) is 2. The first kappa shape index (κ1) is 20.9. The van der Waals surface area contributed by atoms with Crippen LogP contribution in [0.5, 0.6) is 0 Å². The maximum absolute atomic E-state index is 12.0. The molecule has 8 heteroatoms. The van der Waals surface area contributed by atoms with E-state index in [0.717, 1.165) is 16.7 Å². The van der Waals surface area contributed by atoms with Gasteiger partial charge in [0, 0.05) is 24.9 Å². The first-order valence-corrected chi connectivity index (χ1v) is 10.1. The van der Waals surface area contributed by atoms with Crippen molar-refractivity contribution >= 4 is 22.0 Å². The summed E-state index contributed by atoms with van der Waals surface area (Å²) in [5.74, 6) is 0.523. The third-order valence-electron chi connectivity index (χ3n) is 3.88. The lowest BCUT2D eigenvalue weighted by Gasteiger charge is -2.22. The summed E-state index contributed by atoms with van der Waals surface area (Å²) in [4.78, 5) is 13.9. The number of rotatable bonds is 10. The van der Waals surface area contributed by atoms with Crippen LogP contribution in [-0.4, -0.2) is 46.4 Å². The lowest BCUT2D eigenvalue weighted by Crippen LogP contribution is -2.36. The van der Waals surface area contributed by atoms with Crippen molar-refractivity contribution in [3.63, 3.8) is 0 Å². The number of amides is 1. The number of hydrogen-bond acceptors (Lipinski definition) is 5. The zero-order valence-electron chi connectivity index (χ0n) is 15.5. The maximum Gasteiger partial charge on any atom is 0.233 e. The van der Waals surface area contributed by atoms with Gasteiger partial charge in [-0.05, 0) is 37.9 Å². The van der Waals surface area contributed by atoms with Gasteiger partial charge in [0.05, 0.1) is 12.3 Å². The zero-order valence-corrected chi connectivity index (χ0v) is 16.3. The Balaban J connectivity index is 1.75. The number of likely N-dealkylation sites (N-methyl/N-ethyl adjacent to an activating group) is 1. The number of nitrogens with zero attached hydrogens (tertiary/aromatic N) is 1. The average molecular weight is 391 g/mol. The van der Waals surface area contributed by atoms with Crippen LogP contribution in [-0.2, 0) is 14.8 Å². The van der Waals surface area contributed by atoms with Crippen LogP contribution < -0.4 is 10.0 Å². The molecule has 0 aliphatic heterocycles. The normalized spacial score (nSPS) is 13.1. The van der Waals surface area contributed by atoms with Crippen LogP contribution in [0.3, 0.4) is 0 Å². The zero-order chi connectivity index (χ0) is 19.7. The summed E-state index contributed by atoms with van der Waals surface area (Å²) >= 11 is 0. The molecule has 1 amide bonds. The van der Waals surface area contributed by atoms with E-state index < -0.39 is 10.0 Å². The van der Waals surface area contributed by atoms with Crippen LogP contribution >= 0.6 is 0 Å². The molecule has 1 unspecified atom stereocenters. The number of carbonyl (C=O) groups is 1. The molecular formula is C19H25N3O4S. The van der Waals surface area contributed by atoms with E-state index in [-0.39, 0.29) is 24.9 Å². The molecule has 1 aromatic carbocycles. The fraction of sp³-hybridized carbons (Fsp3) is 0.316. The number of nitrogens with one attached hydrogen (secondary N) is 2. The Bertz CT molecular complexity index is 831. The van der Waals surface area contributed by atoms with Gasteiger partial charge < -0.3 is 9.73 Å². The molecule has 2 aromatic rings. The van der Waals surface area contributed by atoms with Gasteiger partial charge in [0.1, 0.15) is 5.76 Å². The lowest BCUT2D eigenvalue weighted by molar-refractivity contribution is -0.121. The Morgan fingerprint density at radius 3 is 2.56 bits per heavy atom. The second-order valence-electron chi connectivity index (χ2n) is 6.20. The minimum Gasteiger partial charge on any atom is -0.468 e. The summed E-state index contributed by atoms with van der Waals surface area (Å²) in [5, 5.41) is 3.90. The second-order valence-corrected chi connectivity index (χ2v) is 7.85. The molecule has 1 atom stereocenters. The Morgan fingerprint density at radius 1 is 1.19 bits per heavy atom. The summed E-state index contributed by atoms with van der Waals surface area (Å²) in [6, 6.07) is 12.7. The van der Waals surface area contributed by atoms with E-state index in [2.05, 4.69) is 10.0 Å². The molecule has 1 aromatic heterocycles. The van der Waals surface area contributed by atoms with Crippen molar-refractivity contribution in [3.05, 3.63) is 65.5 Å². The summed E-state index contributed by atoms with van der Waals surface area (Å²) < 4.78 is 31.7. The van der Waals surface area contributed by atoms with Gasteiger partial charge >= 0.3 is 0 Å². The highest BCUT2D eigenvalue weighted by Crippen LogP contribution is 2.17. The van der Waals surface area contributed by atoms with E-state index in [9.17, 15) is 13.2 Å². The van der Waals surface area contributed by atoms with E-state index in [4.69, 9.17) is 4.42 Å². The van der Waals surface area contributed by atoms with Crippen LogP contribution in [0.1, 0.15) is 23.8 Å². The first-order chi connectivity index (χ1) is 12.9. The van der Waals surface area contributed by atoms with Crippen molar-refractivity contribution < 1.29 is 17.6 Å². The Labute approximate surface area is 160 Å². The van der Waals surface area contributed by atoms with Gasteiger partial charge in [0.25, 0.3) is 0 Å². The number of benzene rings is 1. The topological polar surface area (TPSA) is 91.7 Å². The molecule has 2 N–H and O–H groups in total. The number of sulfonamides is 1. The van der Waals surface area contributed by atoms with Gasteiger partial charge in [0.15, 0.2) is 0 Å². The molecule has 1 heterocycles. The van der Waals surface area contributed by atoms with Crippen molar-refractivity contribution in [3.8, 4) is 0 Å². The van der Waals surface area contributed by atoms with E-state index >= 15 is 0 Å². The monoisotopic (exact) mass is 391 g/mol. The van der Waals surface area contributed by atoms with E-state index in [0.29, 0.717) is 6.54 Å². The summed E-state index contributed by atoms with van der Waals surface area (Å²) in [6.45, 7) is 0.403. The van der Waals surface area contributed by atoms with Gasteiger partial charge in [0.2, 0.25) is 15.9 Å². The summed E-state index contributed by atoms with van der Waals surface area (Å²) in [5.41, 5.74) is 0.785. The Morgan fingerprint density at radius 2 is 1.93 bits per heavy atom. The fourth-order valence-corrected chi connectivity index (χ4v) is 3.22. The lowest BCUT2D eigenvalue weighted by atomic mass is 10.2. The number of carbonyl (C=O) groups excluding carboxylic acids is 1. The summed E-state index contributed by atoms with van der Waals surface area (Å²) in [7, 11) is 0.201. The molecule has 0 spiro atoms. The molecular weight excluding hydrogens is 366 g/mol. The van der Waals surface area contributed by atoms with Crippen molar-refractivity contribution in [2.24, 2.45) is 0 Å². The van der Waals surface area contributed by atoms with E-state index in [1.54, 1.807) is 24.5 Å². The Hall–Kier alpha value is -2.42. The SMILES string of the molecule is CN(C)C(CNC(=O)CCNS(=O)(=O)/C=C/c1ccccc1)c1ccco1. The van der Waals surface area contributed by atoms with E-state index in [1.807, 2.05) is 43.3 Å². The molecule has 2 rings (SSSR count). The first-order valence-electron chi connectivity index (χ1n) is 8.57. The second kappa shape index (κ2) is 10.1. The molecule has 0 saturated heterocycles. The van der Waals surface area contributed by atoms with Gasteiger partial charge in [-0.1, -0.05) is 30.3 Å². The van der Waals surface area contributed by atoms with Crippen LogP contribution in [0.2, 0.25) is 0 Å². The van der Waals surface area contributed by atoms with Gasteiger partial charge in [-0.25, -0.2) is 13.1 Å². The van der Waals surface area contributed by atoms with Crippen LogP contribution in [0.25, 0.3) is 6.08 Å².